The first-order valence-electron chi connectivity index (χ1n) is 17.2. The van der Waals surface area contributed by atoms with Gasteiger partial charge in [0.2, 0.25) is 0 Å². The molecule has 1 aliphatic heterocycles. The van der Waals surface area contributed by atoms with E-state index in [0.29, 0.717) is 31.9 Å². The fourth-order valence-corrected chi connectivity index (χ4v) is 5.94. The summed E-state index contributed by atoms with van der Waals surface area (Å²) in [4.78, 5) is 42.1. The summed E-state index contributed by atoms with van der Waals surface area (Å²) in [5.74, 6) is -1.29. The molecular formula is C38H47F3N4O7. The lowest BCUT2D eigenvalue weighted by Crippen LogP contribution is -2.47. The highest BCUT2D eigenvalue weighted by atomic mass is 19.4. The number of nitrogens with zero attached hydrogens (tertiary/aromatic N) is 2. The van der Waals surface area contributed by atoms with Crippen LogP contribution in [0.1, 0.15) is 71.9 Å². The normalized spacial score (nSPS) is 19.6. The number of nitrogens with one attached hydrogen (secondary N) is 2. The topological polar surface area (TPSA) is 141 Å². The first-order chi connectivity index (χ1) is 24.6. The molecule has 0 aliphatic carbocycles. The molecule has 0 aromatic heterocycles. The zero-order valence-electron chi connectivity index (χ0n) is 29.8. The third kappa shape index (κ3) is 11.4. The molecular weight excluding hydrogens is 681 g/mol. The second kappa shape index (κ2) is 18.2. The Morgan fingerprint density at radius 2 is 1.65 bits per heavy atom. The van der Waals surface area contributed by atoms with E-state index in [0.717, 1.165) is 42.7 Å². The van der Waals surface area contributed by atoms with Gasteiger partial charge in [-0.15, -0.1) is 0 Å². The molecule has 0 saturated carbocycles. The summed E-state index contributed by atoms with van der Waals surface area (Å²) in [6.45, 7) is 7.12. The molecule has 52 heavy (non-hydrogen) atoms. The summed E-state index contributed by atoms with van der Waals surface area (Å²) in [6.07, 6.45) is -2.76. The molecule has 0 bridgehead atoms. The van der Waals surface area contributed by atoms with Crippen molar-refractivity contribution in [3.8, 4) is 5.75 Å². The standard InChI is InChI=1S/C38H47F3N4O7/c1-24-20-45(25(2)23-46)35(47)32-19-31(43-37(50)42-30-14-12-29(13-15-30)38(39,40)41)16-17-33(32)52-26(3)7-5-6-18-51-34(24)22-44(4)21-27-8-10-28(11-9-27)36(48)49/h8-17,19,24-26,34,46H,5-7,18,20-23H2,1-4H3,(H,48,49)(H2,42,43,50)/t24-,25+,26-,34-/m0/s1. The number of alkyl halides is 3. The molecule has 4 atom stereocenters. The summed E-state index contributed by atoms with van der Waals surface area (Å²) in [5, 5.41) is 24.6. The number of benzene rings is 3. The summed E-state index contributed by atoms with van der Waals surface area (Å²) in [7, 11) is 1.95. The number of urea groups is 1. The first-order valence-corrected chi connectivity index (χ1v) is 17.2. The third-order valence-corrected chi connectivity index (χ3v) is 8.92. The maximum atomic E-state index is 14.4. The molecule has 3 aromatic carbocycles. The smallest absolute Gasteiger partial charge is 0.416 e. The quantitative estimate of drug-likeness (QED) is 0.185. The van der Waals surface area contributed by atoms with Crippen molar-refractivity contribution in [2.75, 3.05) is 44.0 Å². The van der Waals surface area contributed by atoms with Crippen LogP contribution in [0.15, 0.2) is 66.7 Å². The molecule has 14 heteroatoms. The summed E-state index contributed by atoms with van der Waals surface area (Å²) < 4.78 is 51.5. The maximum Gasteiger partial charge on any atom is 0.416 e. The van der Waals surface area contributed by atoms with Gasteiger partial charge in [-0.1, -0.05) is 19.1 Å². The molecule has 11 nitrogen and oxygen atoms in total. The Balaban J connectivity index is 1.55. The predicted octanol–water partition coefficient (Wildman–Crippen LogP) is 6.98. The van der Waals surface area contributed by atoms with Crippen LogP contribution in [-0.4, -0.2) is 89.5 Å². The van der Waals surface area contributed by atoms with Gasteiger partial charge >= 0.3 is 18.2 Å². The average molecular weight is 729 g/mol. The van der Waals surface area contributed by atoms with E-state index in [1.54, 1.807) is 48.2 Å². The second-order valence-corrected chi connectivity index (χ2v) is 13.4. The lowest BCUT2D eigenvalue weighted by molar-refractivity contribution is -0.137. The van der Waals surface area contributed by atoms with E-state index in [1.807, 2.05) is 20.9 Å². The molecule has 1 heterocycles. The van der Waals surface area contributed by atoms with Gasteiger partial charge in [0.15, 0.2) is 0 Å². The van der Waals surface area contributed by atoms with E-state index in [-0.39, 0.29) is 53.8 Å². The molecule has 3 aromatic rings. The van der Waals surface area contributed by atoms with Gasteiger partial charge in [0.25, 0.3) is 5.91 Å². The number of carbonyl (C=O) groups excluding carboxylic acids is 2. The van der Waals surface area contributed by atoms with Crippen LogP contribution in [0.25, 0.3) is 0 Å². The number of hydrogen-bond acceptors (Lipinski definition) is 7. The number of anilines is 2. The van der Waals surface area contributed by atoms with E-state index in [1.165, 1.54) is 6.07 Å². The fourth-order valence-electron chi connectivity index (χ4n) is 5.94. The van der Waals surface area contributed by atoms with Crippen LogP contribution in [0.2, 0.25) is 0 Å². The minimum atomic E-state index is -4.51. The van der Waals surface area contributed by atoms with Crippen LogP contribution in [-0.2, 0) is 17.5 Å². The lowest BCUT2D eigenvalue weighted by atomic mass is 10.0. The summed E-state index contributed by atoms with van der Waals surface area (Å²) in [6, 6.07) is 14.1. The Bertz CT molecular complexity index is 1650. The van der Waals surface area contributed by atoms with Crippen LogP contribution in [0.5, 0.6) is 5.75 Å². The molecule has 0 fully saturated rings. The molecule has 3 amide bonds. The Morgan fingerprint density at radius 1 is 1.00 bits per heavy atom. The van der Waals surface area contributed by atoms with Crippen molar-refractivity contribution < 1.29 is 47.2 Å². The summed E-state index contributed by atoms with van der Waals surface area (Å²) >= 11 is 0. The Labute approximate surface area is 301 Å². The molecule has 0 radical (unpaired) electrons. The Morgan fingerprint density at radius 3 is 2.29 bits per heavy atom. The van der Waals surface area contributed by atoms with Crippen molar-refractivity contribution in [3.05, 3.63) is 89.0 Å². The van der Waals surface area contributed by atoms with Crippen LogP contribution >= 0.6 is 0 Å². The van der Waals surface area contributed by atoms with Gasteiger partial charge in [0.1, 0.15) is 5.75 Å². The van der Waals surface area contributed by atoms with Gasteiger partial charge in [-0.05, 0) is 100 Å². The third-order valence-electron chi connectivity index (χ3n) is 8.92. The number of ether oxygens (including phenoxy) is 2. The number of halogens is 3. The Hall–Kier alpha value is -4.66. The minimum absolute atomic E-state index is 0.146. The molecule has 0 saturated heterocycles. The maximum absolute atomic E-state index is 14.4. The first kappa shape index (κ1) is 40.1. The van der Waals surface area contributed by atoms with Crippen molar-refractivity contribution in [2.45, 2.75) is 71.0 Å². The number of carbonyl (C=O) groups is 3. The highest BCUT2D eigenvalue weighted by molar-refractivity contribution is 6.02. The number of likely N-dealkylation sites (N-methyl/N-ethyl adjacent to an activating group) is 1. The van der Waals surface area contributed by atoms with E-state index >= 15 is 0 Å². The van der Waals surface area contributed by atoms with Crippen LogP contribution in [0.3, 0.4) is 0 Å². The zero-order chi connectivity index (χ0) is 38.0. The number of rotatable bonds is 9. The molecule has 0 spiro atoms. The number of hydrogen-bond donors (Lipinski definition) is 4. The van der Waals surface area contributed by atoms with Crippen LogP contribution in [0.4, 0.5) is 29.3 Å². The molecule has 4 N–H and O–H groups in total. The number of carboxylic acids is 1. The number of aliphatic hydroxyl groups excluding tert-OH is 1. The van der Waals surface area contributed by atoms with Gasteiger partial charge in [0, 0.05) is 43.5 Å². The van der Waals surface area contributed by atoms with E-state index in [2.05, 4.69) is 15.5 Å². The van der Waals surface area contributed by atoms with Crippen LogP contribution < -0.4 is 15.4 Å². The van der Waals surface area contributed by atoms with Crippen molar-refractivity contribution >= 4 is 29.3 Å². The van der Waals surface area contributed by atoms with Crippen molar-refractivity contribution in [3.63, 3.8) is 0 Å². The zero-order valence-corrected chi connectivity index (χ0v) is 29.8. The molecule has 0 unspecified atom stereocenters. The largest absolute Gasteiger partial charge is 0.490 e. The van der Waals surface area contributed by atoms with Gasteiger partial charge < -0.3 is 35.2 Å². The molecule has 1 aliphatic rings. The second-order valence-electron chi connectivity index (χ2n) is 13.4. The van der Waals surface area contributed by atoms with E-state index in [4.69, 9.17) is 9.47 Å². The van der Waals surface area contributed by atoms with Gasteiger partial charge in [0.05, 0.1) is 41.5 Å². The number of aromatic carboxylic acids is 1. The number of amides is 3. The van der Waals surface area contributed by atoms with E-state index < -0.39 is 35.7 Å². The van der Waals surface area contributed by atoms with Crippen molar-refractivity contribution in [2.24, 2.45) is 5.92 Å². The van der Waals surface area contributed by atoms with Gasteiger partial charge in [-0.3, -0.25) is 9.69 Å². The van der Waals surface area contributed by atoms with E-state index in [9.17, 15) is 37.8 Å². The van der Waals surface area contributed by atoms with Gasteiger partial charge in [-0.2, -0.15) is 13.2 Å². The van der Waals surface area contributed by atoms with Gasteiger partial charge in [-0.25, -0.2) is 9.59 Å². The highest BCUT2D eigenvalue weighted by Gasteiger charge is 2.31. The Kier molecular flexibility index (Phi) is 14.0. The van der Waals surface area contributed by atoms with Crippen molar-refractivity contribution in [1.29, 1.82) is 0 Å². The average Bonchev–Trinajstić information content (AvgIpc) is 3.09. The fraction of sp³-hybridized carbons (Fsp3) is 0.447. The lowest BCUT2D eigenvalue weighted by Gasteiger charge is -2.36. The number of carboxylic acid groups (broad SMARTS) is 1. The summed E-state index contributed by atoms with van der Waals surface area (Å²) in [5.41, 5.74) is 0.869. The minimum Gasteiger partial charge on any atom is -0.490 e. The molecule has 282 valence electrons. The molecule has 4 rings (SSSR count). The predicted molar refractivity (Wildman–Crippen MR) is 191 cm³/mol. The SMILES string of the molecule is C[C@H](CO)N1C[C@H](C)[C@H](CN(C)Cc2ccc(C(=O)O)cc2)OCCCC[C@H](C)Oc2ccc(NC(=O)Nc3ccc(C(F)(F)F)cc3)cc2C1=O. The van der Waals surface area contributed by atoms with Crippen molar-refractivity contribution in [1.82, 2.24) is 9.80 Å². The highest BCUT2D eigenvalue weighted by Crippen LogP contribution is 2.31. The number of aliphatic hydroxyl groups is 1. The number of fused-ring (bicyclic) bond motifs is 1. The van der Waals surface area contributed by atoms with Crippen LogP contribution in [0, 0.1) is 5.92 Å². The monoisotopic (exact) mass is 728 g/mol.